The Morgan fingerprint density at radius 3 is 2.35 bits per heavy atom. The largest absolute Gasteiger partial charge is 0.269 e. The highest BCUT2D eigenvalue weighted by Gasteiger charge is 2.02. The third-order valence-corrected chi connectivity index (χ3v) is 2.50. The van der Waals surface area contributed by atoms with E-state index in [4.69, 9.17) is 0 Å². The lowest BCUT2D eigenvalue weighted by molar-refractivity contribution is -0.384. The van der Waals surface area contributed by atoms with E-state index in [2.05, 4.69) is 11.8 Å². The van der Waals surface area contributed by atoms with E-state index in [0.29, 0.717) is 5.56 Å². The molecule has 2 aromatic carbocycles. The lowest BCUT2D eigenvalue weighted by Crippen LogP contribution is -1.86. The van der Waals surface area contributed by atoms with E-state index in [-0.39, 0.29) is 5.69 Å². The Kier molecular flexibility index (Phi) is 4.25. The Bertz CT molecular complexity index is 695. The van der Waals surface area contributed by atoms with Crippen LogP contribution in [0, 0.1) is 22.0 Å². The number of hydrogen-bond donors (Lipinski definition) is 0. The predicted octanol–water partition coefficient (Wildman–Crippen LogP) is 3.96. The van der Waals surface area contributed by atoms with Gasteiger partial charge in [-0.1, -0.05) is 24.1 Å². The van der Waals surface area contributed by atoms with Crippen molar-refractivity contribution in [2.45, 2.75) is 0 Å². The number of hydrogen-bond acceptors (Lipinski definition) is 2. The molecule has 0 aliphatic rings. The van der Waals surface area contributed by atoms with Crippen molar-refractivity contribution in [3.63, 3.8) is 0 Å². The number of nitro benzene ring substituents is 1. The maximum Gasteiger partial charge on any atom is 0.269 e. The molecule has 4 heteroatoms. The van der Waals surface area contributed by atoms with Gasteiger partial charge in [0.1, 0.15) is 0 Å². The molecule has 0 atom stereocenters. The van der Waals surface area contributed by atoms with E-state index in [9.17, 15) is 14.5 Å². The standard InChI is InChI=1S/C16H10FNO2/c17-15(9-6-13-4-2-1-3-5-13)12-14-7-10-16(11-8-14)18(19)20/h1-5,7-8,10-12H/b15-12+. The number of benzene rings is 2. The van der Waals surface area contributed by atoms with Gasteiger partial charge in [0.25, 0.3) is 5.69 Å². The number of nitrogens with zero attached hydrogens (tertiary/aromatic N) is 1. The van der Waals surface area contributed by atoms with Crippen LogP contribution >= 0.6 is 0 Å². The highest BCUT2D eigenvalue weighted by atomic mass is 19.1. The van der Waals surface area contributed by atoms with Gasteiger partial charge >= 0.3 is 0 Å². The molecule has 2 aromatic rings. The quantitative estimate of drug-likeness (QED) is 0.469. The molecule has 2 rings (SSSR count). The van der Waals surface area contributed by atoms with Crippen LogP contribution in [0.1, 0.15) is 11.1 Å². The summed E-state index contributed by atoms with van der Waals surface area (Å²) in [5.41, 5.74) is 1.22. The average Bonchev–Trinajstić information content (AvgIpc) is 2.47. The molecule has 0 spiro atoms. The summed E-state index contributed by atoms with van der Waals surface area (Å²) in [6.07, 6.45) is 1.24. The van der Waals surface area contributed by atoms with Crippen LogP contribution in [0.15, 0.2) is 60.4 Å². The van der Waals surface area contributed by atoms with E-state index in [0.717, 1.165) is 5.56 Å². The Balaban J connectivity index is 2.15. The fraction of sp³-hybridized carbons (Fsp3) is 0. The summed E-state index contributed by atoms with van der Waals surface area (Å²) in [5.74, 6) is 4.49. The van der Waals surface area contributed by atoms with Crippen molar-refractivity contribution in [2.24, 2.45) is 0 Å². The molecule has 3 nitrogen and oxygen atoms in total. The smallest absolute Gasteiger partial charge is 0.258 e. The Hall–Kier alpha value is -2.93. The SMILES string of the molecule is O=[N+]([O-])c1ccc(/C=C(/F)C#Cc2ccccc2)cc1. The topological polar surface area (TPSA) is 43.1 Å². The van der Waals surface area contributed by atoms with Crippen LogP contribution in [0.5, 0.6) is 0 Å². The van der Waals surface area contributed by atoms with E-state index >= 15 is 0 Å². The van der Waals surface area contributed by atoms with Crippen LogP contribution < -0.4 is 0 Å². The van der Waals surface area contributed by atoms with Gasteiger partial charge in [-0.05, 0) is 41.8 Å². The van der Waals surface area contributed by atoms with Crippen molar-refractivity contribution in [2.75, 3.05) is 0 Å². The Labute approximate surface area is 115 Å². The fourth-order valence-electron chi connectivity index (χ4n) is 1.53. The summed E-state index contributed by atoms with van der Waals surface area (Å²) in [5, 5.41) is 10.5. The first-order valence-corrected chi connectivity index (χ1v) is 5.84. The van der Waals surface area contributed by atoms with Crippen LogP contribution in [0.3, 0.4) is 0 Å². The summed E-state index contributed by atoms with van der Waals surface area (Å²) in [6, 6.07) is 14.7. The normalized spacial score (nSPS) is 10.6. The van der Waals surface area contributed by atoms with Crippen molar-refractivity contribution in [1.29, 1.82) is 0 Å². The van der Waals surface area contributed by atoms with Gasteiger partial charge in [0.15, 0.2) is 5.83 Å². The van der Waals surface area contributed by atoms with E-state index in [1.165, 1.54) is 30.3 Å². The van der Waals surface area contributed by atoms with Gasteiger partial charge in [0, 0.05) is 17.7 Å². The number of non-ortho nitro benzene ring substituents is 1. The summed E-state index contributed by atoms with van der Waals surface area (Å²) in [6.45, 7) is 0. The second-order valence-corrected chi connectivity index (χ2v) is 3.96. The first-order valence-electron chi connectivity index (χ1n) is 5.84. The van der Waals surface area contributed by atoms with Crippen molar-refractivity contribution in [1.82, 2.24) is 0 Å². The average molecular weight is 267 g/mol. The van der Waals surface area contributed by atoms with Gasteiger partial charge in [-0.25, -0.2) is 0 Å². The van der Waals surface area contributed by atoms with Crippen molar-refractivity contribution < 1.29 is 9.31 Å². The van der Waals surface area contributed by atoms with Gasteiger partial charge in [-0.2, -0.15) is 4.39 Å². The van der Waals surface area contributed by atoms with Gasteiger partial charge < -0.3 is 0 Å². The summed E-state index contributed by atoms with van der Waals surface area (Å²) in [4.78, 5) is 9.99. The zero-order chi connectivity index (χ0) is 14.4. The Morgan fingerprint density at radius 2 is 1.75 bits per heavy atom. The zero-order valence-electron chi connectivity index (χ0n) is 10.4. The molecule has 0 bridgehead atoms. The third kappa shape index (κ3) is 3.79. The van der Waals surface area contributed by atoms with Gasteiger partial charge in [-0.3, -0.25) is 10.1 Å². The van der Waals surface area contributed by atoms with E-state index in [1.54, 1.807) is 12.1 Å². The minimum Gasteiger partial charge on any atom is -0.258 e. The van der Waals surface area contributed by atoms with Crippen LogP contribution in [0.2, 0.25) is 0 Å². The second-order valence-electron chi connectivity index (χ2n) is 3.96. The molecular weight excluding hydrogens is 257 g/mol. The van der Waals surface area contributed by atoms with Gasteiger partial charge in [0.05, 0.1) is 4.92 Å². The summed E-state index contributed by atoms with van der Waals surface area (Å²) < 4.78 is 13.6. The minimum absolute atomic E-state index is 0.0297. The maximum absolute atomic E-state index is 13.6. The molecule has 0 unspecified atom stereocenters. The van der Waals surface area contributed by atoms with Gasteiger partial charge in [-0.15, -0.1) is 0 Å². The molecule has 0 saturated heterocycles. The fourth-order valence-corrected chi connectivity index (χ4v) is 1.53. The first-order chi connectivity index (χ1) is 9.65. The molecule has 0 saturated carbocycles. The molecule has 0 aliphatic carbocycles. The Morgan fingerprint density at radius 1 is 1.10 bits per heavy atom. The predicted molar refractivity (Wildman–Crippen MR) is 75.5 cm³/mol. The van der Waals surface area contributed by atoms with Crippen molar-refractivity contribution in [3.8, 4) is 11.8 Å². The summed E-state index contributed by atoms with van der Waals surface area (Å²) >= 11 is 0. The lowest BCUT2D eigenvalue weighted by Gasteiger charge is -1.93. The van der Waals surface area contributed by atoms with Crippen LogP contribution in [0.25, 0.3) is 6.08 Å². The highest BCUT2D eigenvalue weighted by molar-refractivity contribution is 5.58. The van der Waals surface area contributed by atoms with Gasteiger partial charge in [0.2, 0.25) is 0 Å². The molecule has 0 aromatic heterocycles. The molecule has 20 heavy (non-hydrogen) atoms. The zero-order valence-corrected chi connectivity index (χ0v) is 10.4. The molecule has 98 valence electrons. The maximum atomic E-state index is 13.6. The van der Waals surface area contributed by atoms with E-state index < -0.39 is 10.8 Å². The molecular formula is C16H10FNO2. The molecule has 0 aliphatic heterocycles. The number of rotatable bonds is 2. The van der Waals surface area contributed by atoms with Crippen molar-refractivity contribution >= 4 is 11.8 Å². The minimum atomic E-state index is -0.595. The second kappa shape index (κ2) is 6.30. The van der Waals surface area contributed by atoms with Crippen LogP contribution in [-0.2, 0) is 0 Å². The first kappa shape index (κ1) is 13.5. The summed E-state index contributed by atoms with van der Waals surface area (Å²) in [7, 11) is 0. The molecule has 0 radical (unpaired) electrons. The molecule has 0 heterocycles. The van der Waals surface area contributed by atoms with Crippen LogP contribution in [0.4, 0.5) is 10.1 Å². The highest BCUT2D eigenvalue weighted by Crippen LogP contribution is 2.14. The molecule has 0 N–H and O–H groups in total. The monoisotopic (exact) mass is 267 g/mol. The third-order valence-electron chi connectivity index (χ3n) is 2.50. The lowest BCUT2D eigenvalue weighted by atomic mass is 10.2. The number of allylic oxidation sites excluding steroid dienone is 1. The number of nitro groups is 1. The van der Waals surface area contributed by atoms with Crippen LogP contribution in [-0.4, -0.2) is 4.92 Å². The molecule has 0 amide bonds. The molecule has 0 fully saturated rings. The van der Waals surface area contributed by atoms with E-state index in [1.807, 2.05) is 18.2 Å². The van der Waals surface area contributed by atoms with Crippen molar-refractivity contribution in [3.05, 3.63) is 81.7 Å². The number of halogens is 1.